The van der Waals surface area contributed by atoms with Crippen LogP contribution in [0.25, 0.3) is 0 Å². The number of thioether (sulfide) groups is 1. The first-order valence-electron chi connectivity index (χ1n) is 10.2. The van der Waals surface area contributed by atoms with E-state index in [1.165, 1.54) is 30.6 Å². The number of benzene rings is 1. The minimum atomic E-state index is 0. The van der Waals surface area contributed by atoms with Crippen LogP contribution in [0.15, 0.2) is 40.2 Å². The molecular formula is C21H33IN4OS. The molecule has 1 saturated carbocycles. The molecule has 28 heavy (non-hydrogen) atoms. The van der Waals surface area contributed by atoms with Crippen molar-refractivity contribution in [3.8, 4) is 0 Å². The van der Waals surface area contributed by atoms with Gasteiger partial charge < -0.3 is 15.5 Å². The molecule has 1 atom stereocenters. The second-order valence-corrected chi connectivity index (χ2v) is 8.62. The molecule has 0 radical (unpaired) electrons. The van der Waals surface area contributed by atoms with Crippen molar-refractivity contribution >= 4 is 47.6 Å². The van der Waals surface area contributed by atoms with Crippen LogP contribution in [-0.4, -0.2) is 55.2 Å². The Labute approximate surface area is 190 Å². The zero-order valence-electron chi connectivity index (χ0n) is 16.7. The zero-order valence-corrected chi connectivity index (χ0v) is 19.9. The molecule has 1 heterocycles. The second-order valence-electron chi connectivity index (χ2n) is 7.53. The predicted molar refractivity (Wildman–Crippen MR) is 129 cm³/mol. The number of hydrogen-bond donors (Lipinski definition) is 2. The van der Waals surface area contributed by atoms with E-state index in [4.69, 9.17) is 0 Å². The lowest BCUT2D eigenvalue weighted by Gasteiger charge is -2.24. The lowest BCUT2D eigenvalue weighted by Crippen LogP contribution is -2.47. The van der Waals surface area contributed by atoms with Gasteiger partial charge in [-0.25, -0.2) is 0 Å². The fourth-order valence-electron chi connectivity index (χ4n) is 3.91. The van der Waals surface area contributed by atoms with Crippen LogP contribution in [0.3, 0.4) is 0 Å². The number of nitrogens with zero attached hydrogens (tertiary/aromatic N) is 2. The van der Waals surface area contributed by atoms with Gasteiger partial charge in [0.2, 0.25) is 5.91 Å². The zero-order chi connectivity index (χ0) is 18.9. The van der Waals surface area contributed by atoms with Crippen LogP contribution in [0.5, 0.6) is 0 Å². The number of carbonyl (C=O) groups is 1. The molecule has 1 aliphatic heterocycles. The molecule has 1 unspecified atom stereocenters. The maximum absolute atomic E-state index is 12.2. The number of halogens is 1. The molecule has 7 heteroatoms. The van der Waals surface area contributed by atoms with Crippen LogP contribution in [0.4, 0.5) is 0 Å². The highest BCUT2D eigenvalue weighted by Crippen LogP contribution is 2.25. The van der Waals surface area contributed by atoms with Gasteiger partial charge in [0.05, 0.1) is 6.54 Å². The average Bonchev–Trinajstić information content (AvgIpc) is 3.17. The number of nitrogens with one attached hydrogen (secondary N) is 2. The van der Waals surface area contributed by atoms with Crippen molar-refractivity contribution < 1.29 is 4.79 Å². The van der Waals surface area contributed by atoms with Gasteiger partial charge in [0.25, 0.3) is 0 Å². The van der Waals surface area contributed by atoms with Crippen molar-refractivity contribution in [3.63, 3.8) is 0 Å². The number of amides is 1. The molecule has 2 N–H and O–H groups in total. The van der Waals surface area contributed by atoms with Gasteiger partial charge in [0, 0.05) is 36.8 Å². The van der Waals surface area contributed by atoms with E-state index in [1.54, 1.807) is 7.05 Å². The van der Waals surface area contributed by atoms with Gasteiger partial charge in [-0.2, -0.15) is 0 Å². The minimum absolute atomic E-state index is 0. The van der Waals surface area contributed by atoms with E-state index in [0.717, 1.165) is 37.6 Å². The SMILES string of the molecule is CN=C(NCC(=O)NC1CCCCC1)N1CCC(CSc2ccccc2)C1.I. The molecule has 2 aliphatic rings. The topological polar surface area (TPSA) is 56.7 Å². The Balaban J connectivity index is 0.00000280. The highest BCUT2D eigenvalue weighted by Gasteiger charge is 2.25. The van der Waals surface area contributed by atoms with E-state index >= 15 is 0 Å². The molecule has 1 aromatic rings. The van der Waals surface area contributed by atoms with Crippen LogP contribution in [-0.2, 0) is 4.79 Å². The Bertz CT molecular complexity index is 622. The van der Waals surface area contributed by atoms with Gasteiger partial charge in [0.15, 0.2) is 5.96 Å². The number of carbonyl (C=O) groups excluding carboxylic acids is 1. The molecular weight excluding hydrogens is 483 g/mol. The van der Waals surface area contributed by atoms with E-state index in [1.807, 2.05) is 11.8 Å². The Kier molecular flexibility index (Phi) is 10.5. The highest BCUT2D eigenvalue weighted by molar-refractivity contribution is 14.0. The largest absolute Gasteiger partial charge is 0.352 e. The van der Waals surface area contributed by atoms with Crippen molar-refractivity contribution in [2.24, 2.45) is 10.9 Å². The summed E-state index contributed by atoms with van der Waals surface area (Å²) in [6.07, 6.45) is 7.18. The summed E-state index contributed by atoms with van der Waals surface area (Å²) in [4.78, 5) is 20.2. The van der Waals surface area contributed by atoms with E-state index in [0.29, 0.717) is 18.5 Å². The molecule has 0 aromatic heterocycles. The first-order valence-corrected chi connectivity index (χ1v) is 11.2. The van der Waals surface area contributed by atoms with Gasteiger partial charge in [-0.3, -0.25) is 9.79 Å². The molecule has 2 fully saturated rings. The van der Waals surface area contributed by atoms with Gasteiger partial charge in [-0.15, -0.1) is 35.7 Å². The van der Waals surface area contributed by atoms with Gasteiger partial charge in [-0.1, -0.05) is 37.5 Å². The number of likely N-dealkylation sites (tertiary alicyclic amines) is 1. The van der Waals surface area contributed by atoms with E-state index in [2.05, 4.69) is 50.9 Å². The van der Waals surface area contributed by atoms with Crippen LogP contribution in [0, 0.1) is 5.92 Å². The summed E-state index contributed by atoms with van der Waals surface area (Å²) in [5, 5.41) is 6.41. The third-order valence-corrected chi connectivity index (χ3v) is 6.65. The molecule has 1 amide bonds. The smallest absolute Gasteiger partial charge is 0.239 e. The number of guanidine groups is 1. The molecule has 3 rings (SSSR count). The molecule has 0 bridgehead atoms. The Morgan fingerprint density at radius 3 is 2.64 bits per heavy atom. The third kappa shape index (κ3) is 7.46. The van der Waals surface area contributed by atoms with Crippen LogP contribution < -0.4 is 10.6 Å². The molecule has 1 saturated heterocycles. The van der Waals surface area contributed by atoms with Gasteiger partial charge in [-0.05, 0) is 37.3 Å². The molecule has 156 valence electrons. The second kappa shape index (κ2) is 12.6. The Morgan fingerprint density at radius 2 is 1.93 bits per heavy atom. The summed E-state index contributed by atoms with van der Waals surface area (Å²) >= 11 is 1.93. The summed E-state index contributed by atoms with van der Waals surface area (Å²) in [6, 6.07) is 10.9. The fraction of sp³-hybridized carbons (Fsp3) is 0.619. The average molecular weight is 516 g/mol. The van der Waals surface area contributed by atoms with Gasteiger partial charge >= 0.3 is 0 Å². The van der Waals surface area contributed by atoms with Crippen LogP contribution in [0.2, 0.25) is 0 Å². The lowest BCUT2D eigenvalue weighted by atomic mass is 9.95. The van der Waals surface area contributed by atoms with Crippen LogP contribution in [0.1, 0.15) is 38.5 Å². The van der Waals surface area contributed by atoms with Crippen molar-refractivity contribution in [3.05, 3.63) is 30.3 Å². The Hall–Kier alpha value is -0.960. The molecule has 5 nitrogen and oxygen atoms in total. The molecule has 1 aromatic carbocycles. The van der Waals surface area contributed by atoms with Crippen molar-refractivity contribution in [2.75, 3.05) is 32.4 Å². The molecule has 0 spiro atoms. The number of hydrogen-bond acceptors (Lipinski definition) is 3. The van der Waals surface area contributed by atoms with E-state index in [9.17, 15) is 4.79 Å². The summed E-state index contributed by atoms with van der Waals surface area (Å²) in [5.74, 6) is 2.71. The minimum Gasteiger partial charge on any atom is -0.352 e. The summed E-state index contributed by atoms with van der Waals surface area (Å²) in [6.45, 7) is 2.32. The lowest BCUT2D eigenvalue weighted by molar-refractivity contribution is -0.120. The summed E-state index contributed by atoms with van der Waals surface area (Å²) < 4.78 is 0. The first kappa shape index (κ1) is 23.3. The summed E-state index contributed by atoms with van der Waals surface area (Å²) in [7, 11) is 1.80. The quantitative estimate of drug-likeness (QED) is 0.262. The number of aliphatic imine (C=N–C) groups is 1. The normalized spacial score (nSPS) is 20.5. The van der Waals surface area contributed by atoms with Crippen LogP contribution >= 0.6 is 35.7 Å². The summed E-state index contributed by atoms with van der Waals surface area (Å²) in [5.41, 5.74) is 0. The van der Waals surface area contributed by atoms with Crippen molar-refractivity contribution in [1.82, 2.24) is 15.5 Å². The van der Waals surface area contributed by atoms with Crippen molar-refractivity contribution in [1.29, 1.82) is 0 Å². The van der Waals surface area contributed by atoms with E-state index in [-0.39, 0.29) is 29.9 Å². The number of rotatable bonds is 6. The standard InChI is InChI=1S/C21H32N4OS.HI/c1-22-21(23-14-20(26)24-18-8-4-2-5-9-18)25-13-12-17(15-25)16-27-19-10-6-3-7-11-19;/h3,6-7,10-11,17-18H,2,4-5,8-9,12-16H2,1H3,(H,22,23)(H,24,26);1H. The Morgan fingerprint density at radius 1 is 1.18 bits per heavy atom. The predicted octanol–water partition coefficient (Wildman–Crippen LogP) is 3.74. The fourth-order valence-corrected chi connectivity index (χ4v) is 4.96. The maximum Gasteiger partial charge on any atom is 0.239 e. The van der Waals surface area contributed by atoms with Gasteiger partial charge in [0.1, 0.15) is 0 Å². The molecule has 1 aliphatic carbocycles. The highest BCUT2D eigenvalue weighted by atomic mass is 127. The van der Waals surface area contributed by atoms with Crippen molar-refractivity contribution in [2.45, 2.75) is 49.5 Å². The maximum atomic E-state index is 12.2. The van der Waals surface area contributed by atoms with E-state index < -0.39 is 0 Å². The monoisotopic (exact) mass is 516 g/mol. The first-order chi connectivity index (χ1) is 13.2. The third-order valence-electron chi connectivity index (χ3n) is 5.40.